The predicted octanol–water partition coefficient (Wildman–Crippen LogP) is 8.51. The zero-order chi connectivity index (χ0) is 23.0. The molecule has 0 bridgehead atoms. The fourth-order valence-electron chi connectivity index (χ4n) is 7.77. The normalized spacial score (nSPS) is 42.3. The van der Waals surface area contributed by atoms with E-state index in [4.69, 9.17) is 4.18 Å². The lowest BCUT2D eigenvalue weighted by Crippen LogP contribution is -2.50. The quantitative estimate of drug-likeness (QED) is 0.177. The largest absolute Gasteiger partial charge is 0.312 e. The zero-order valence-corrected chi connectivity index (χ0v) is 24.1. The van der Waals surface area contributed by atoms with Gasteiger partial charge in [0.2, 0.25) is 0 Å². The van der Waals surface area contributed by atoms with Crippen LogP contribution in [0.1, 0.15) is 106 Å². The highest BCUT2D eigenvalue weighted by molar-refractivity contribution is 14.1. The van der Waals surface area contributed by atoms with Crippen LogP contribution in [0.2, 0.25) is 0 Å². The summed E-state index contributed by atoms with van der Waals surface area (Å²) in [6.45, 7) is 16.1. The summed E-state index contributed by atoms with van der Waals surface area (Å²) in [6, 6.07) is 0. The Labute approximate surface area is 210 Å². The van der Waals surface area contributed by atoms with Crippen LogP contribution in [0, 0.1) is 40.4 Å². The van der Waals surface area contributed by atoms with Crippen molar-refractivity contribution in [1.29, 1.82) is 0 Å². The van der Waals surface area contributed by atoms with Gasteiger partial charge in [-0.05, 0) is 136 Å². The van der Waals surface area contributed by atoms with Crippen molar-refractivity contribution in [3.63, 3.8) is 0 Å². The van der Waals surface area contributed by atoms with Gasteiger partial charge in [-0.3, -0.25) is 4.79 Å². The highest BCUT2D eigenvalue weighted by Gasteiger charge is 2.58. The Bertz CT molecular complexity index is 621. The van der Waals surface area contributed by atoms with E-state index in [1.54, 1.807) is 12.0 Å². The SMILES string of the molecule is CC(=O)C1C(C2(C)CCC(OSC(C)(C)C)CC2)CC[C@@]2(C)C1CC[C@@H]2[C@H](C)CCI. The van der Waals surface area contributed by atoms with Crippen LogP contribution >= 0.6 is 34.6 Å². The van der Waals surface area contributed by atoms with Crippen LogP contribution in [-0.4, -0.2) is 21.1 Å². The summed E-state index contributed by atoms with van der Waals surface area (Å²) in [7, 11) is 0. The molecule has 3 fully saturated rings. The van der Waals surface area contributed by atoms with Crippen molar-refractivity contribution in [2.45, 2.75) is 117 Å². The first kappa shape index (κ1) is 26.3. The lowest BCUT2D eigenvalue weighted by Gasteiger charge is -2.55. The van der Waals surface area contributed by atoms with Crippen molar-refractivity contribution in [1.82, 2.24) is 0 Å². The van der Waals surface area contributed by atoms with Gasteiger partial charge in [-0.25, -0.2) is 0 Å². The van der Waals surface area contributed by atoms with Gasteiger partial charge >= 0.3 is 0 Å². The van der Waals surface area contributed by atoms with Crippen molar-refractivity contribution in [2.75, 3.05) is 4.43 Å². The highest BCUT2D eigenvalue weighted by Crippen LogP contribution is 2.64. The molecule has 0 amide bonds. The van der Waals surface area contributed by atoms with Gasteiger partial charge in [0.25, 0.3) is 0 Å². The average molecular weight is 563 g/mol. The van der Waals surface area contributed by atoms with E-state index in [9.17, 15) is 4.79 Å². The minimum atomic E-state index is 0.155. The molecule has 3 unspecified atom stereocenters. The maximum atomic E-state index is 13.1. The molecule has 31 heavy (non-hydrogen) atoms. The molecule has 180 valence electrons. The number of hydrogen-bond acceptors (Lipinski definition) is 3. The molecule has 0 N–H and O–H groups in total. The number of Topliss-reactive ketones (excluding diaryl/α,β-unsaturated/α-hetero) is 1. The van der Waals surface area contributed by atoms with Gasteiger partial charge < -0.3 is 4.18 Å². The van der Waals surface area contributed by atoms with Gasteiger partial charge in [0.15, 0.2) is 0 Å². The Hall–Kier alpha value is 0.710. The number of fused-ring (bicyclic) bond motifs is 1. The Morgan fingerprint density at radius 2 is 1.71 bits per heavy atom. The molecule has 0 saturated heterocycles. The van der Waals surface area contributed by atoms with Crippen molar-refractivity contribution in [3.8, 4) is 0 Å². The zero-order valence-electron chi connectivity index (χ0n) is 21.1. The van der Waals surface area contributed by atoms with Gasteiger partial charge in [-0.2, -0.15) is 0 Å². The van der Waals surface area contributed by atoms with Crippen LogP contribution in [0.25, 0.3) is 0 Å². The third kappa shape index (κ3) is 5.69. The van der Waals surface area contributed by atoms with Crippen LogP contribution < -0.4 is 0 Å². The first-order valence-corrected chi connectivity index (χ1v) is 15.1. The summed E-state index contributed by atoms with van der Waals surface area (Å²) in [5, 5.41) is 0. The van der Waals surface area contributed by atoms with E-state index >= 15 is 0 Å². The molecule has 0 aromatic heterocycles. The first-order valence-electron chi connectivity index (χ1n) is 12.8. The maximum absolute atomic E-state index is 13.1. The van der Waals surface area contributed by atoms with Crippen LogP contribution in [-0.2, 0) is 8.98 Å². The van der Waals surface area contributed by atoms with E-state index in [2.05, 4.69) is 64.1 Å². The van der Waals surface area contributed by atoms with Crippen molar-refractivity contribution in [3.05, 3.63) is 0 Å². The van der Waals surface area contributed by atoms with Crippen molar-refractivity contribution < 1.29 is 8.98 Å². The molecular formula is C27H47IO2S. The lowest BCUT2D eigenvalue weighted by molar-refractivity contribution is -0.137. The number of rotatable bonds is 7. The predicted molar refractivity (Wildman–Crippen MR) is 143 cm³/mol. The molecule has 0 aromatic rings. The Balaban J connectivity index is 1.71. The fraction of sp³-hybridized carbons (Fsp3) is 0.963. The molecule has 3 aliphatic rings. The molecule has 2 nitrogen and oxygen atoms in total. The first-order chi connectivity index (χ1) is 14.4. The molecular weight excluding hydrogens is 515 g/mol. The standard InChI is InChI=1S/C27H47IO2S/c1-18(13-17-28)21-8-9-23-24(19(2)29)22(12-16-27(21,23)7)26(6)14-10-20(11-15-26)30-31-25(3,4)5/h18,20-24H,8-17H2,1-7H3/t18-,20?,21-,22?,23?,24?,26?,27-/m1/s1. The summed E-state index contributed by atoms with van der Waals surface area (Å²) in [5.74, 6) is 3.53. The van der Waals surface area contributed by atoms with Gasteiger partial charge in [0.05, 0.1) is 6.10 Å². The second-order valence-corrected chi connectivity index (χ2v) is 15.3. The molecule has 3 aliphatic carbocycles. The van der Waals surface area contributed by atoms with E-state index in [1.807, 2.05) is 6.92 Å². The summed E-state index contributed by atoms with van der Waals surface area (Å²) in [5.41, 5.74) is 0.675. The maximum Gasteiger partial charge on any atom is 0.133 e. The Kier molecular flexibility index (Phi) is 8.61. The molecule has 0 heterocycles. The van der Waals surface area contributed by atoms with Gasteiger partial charge in [0, 0.05) is 10.7 Å². The number of carbonyl (C=O) groups is 1. The molecule has 6 atom stereocenters. The molecule has 0 aliphatic heterocycles. The average Bonchev–Trinajstić information content (AvgIpc) is 3.03. The van der Waals surface area contributed by atoms with Gasteiger partial charge in [-0.15, -0.1) is 0 Å². The summed E-state index contributed by atoms with van der Waals surface area (Å²) < 4.78 is 7.61. The van der Waals surface area contributed by atoms with E-state index < -0.39 is 0 Å². The van der Waals surface area contributed by atoms with E-state index in [0.29, 0.717) is 34.6 Å². The third-order valence-electron chi connectivity index (χ3n) is 9.47. The Morgan fingerprint density at radius 3 is 2.26 bits per heavy atom. The summed E-state index contributed by atoms with van der Waals surface area (Å²) in [4.78, 5) is 13.1. The molecule has 3 saturated carbocycles. The minimum Gasteiger partial charge on any atom is -0.312 e. The molecule has 3 rings (SSSR count). The number of alkyl halides is 1. The van der Waals surface area contributed by atoms with E-state index in [0.717, 1.165) is 24.7 Å². The monoisotopic (exact) mass is 562 g/mol. The second-order valence-electron chi connectivity index (χ2n) is 12.7. The highest BCUT2D eigenvalue weighted by atomic mass is 127. The van der Waals surface area contributed by atoms with Gasteiger partial charge in [-0.1, -0.05) is 43.4 Å². The van der Waals surface area contributed by atoms with Crippen LogP contribution in [0.4, 0.5) is 0 Å². The van der Waals surface area contributed by atoms with E-state index in [-0.39, 0.29) is 10.7 Å². The van der Waals surface area contributed by atoms with E-state index in [1.165, 1.54) is 49.4 Å². The van der Waals surface area contributed by atoms with Gasteiger partial charge in [0.1, 0.15) is 5.78 Å². The Morgan fingerprint density at radius 1 is 1.06 bits per heavy atom. The summed E-state index contributed by atoms with van der Waals surface area (Å²) >= 11 is 4.18. The van der Waals surface area contributed by atoms with Crippen LogP contribution in [0.3, 0.4) is 0 Å². The number of hydrogen-bond donors (Lipinski definition) is 0. The van der Waals surface area contributed by atoms with Crippen molar-refractivity contribution >= 4 is 40.4 Å². The third-order valence-corrected chi connectivity index (χ3v) is 11.0. The smallest absolute Gasteiger partial charge is 0.133 e. The molecule has 0 spiro atoms. The topological polar surface area (TPSA) is 26.3 Å². The lowest BCUT2D eigenvalue weighted by atomic mass is 9.49. The second kappa shape index (κ2) is 10.1. The van der Waals surface area contributed by atoms with Crippen LogP contribution in [0.5, 0.6) is 0 Å². The van der Waals surface area contributed by atoms with Crippen LogP contribution in [0.15, 0.2) is 0 Å². The fourth-order valence-corrected chi connectivity index (χ4v) is 9.37. The number of halogens is 1. The summed E-state index contributed by atoms with van der Waals surface area (Å²) in [6.07, 6.45) is 11.6. The molecule has 0 aromatic carbocycles. The van der Waals surface area contributed by atoms with Crippen molar-refractivity contribution in [2.24, 2.45) is 40.4 Å². The minimum absolute atomic E-state index is 0.155. The molecule has 0 radical (unpaired) electrons. The number of ketones is 1. The molecule has 4 heteroatoms. The number of carbonyl (C=O) groups excluding carboxylic acids is 1.